The molecule has 3 N–H and O–H groups in total. The number of halogens is 6. The maximum Gasteiger partial charge on any atom is 0.416 e. The van der Waals surface area contributed by atoms with Crippen molar-refractivity contribution >= 4 is 11.4 Å². The number of nitrogens with two attached hydrogens (primary N) is 1. The Morgan fingerprint density at radius 1 is 0.857 bits per heavy atom. The first kappa shape index (κ1) is 20.4. The average molecular weight is 406 g/mol. The molecule has 2 atom stereocenters. The zero-order valence-electron chi connectivity index (χ0n) is 14.4. The first-order chi connectivity index (χ1) is 12.9. The maximum atomic E-state index is 13.0. The van der Waals surface area contributed by atoms with Gasteiger partial charge in [0.2, 0.25) is 10.9 Å². The highest BCUT2D eigenvalue weighted by Crippen LogP contribution is 2.39. The van der Waals surface area contributed by atoms with Crippen molar-refractivity contribution in [2.24, 2.45) is 5.73 Å². The fourth-order valence-electron chi connectivity index (χ4n) is 3.58. The summed E-state index contributed by atoms with van der Waals surface area (Å²) in [6, 6.07) is 0.531. The predicted octanol–water partition coefficient (Wildman–Crippen LogP) is 4.05. The molecule has 1 aliphatic rings. The lowest BCUT2D eigenvalue weighted by molar-refractivity contribution is -0.143. The molecule has 2 aromatic carbocycles. The van der Waals surface area contributed by atoms with E-state index in [-0.39, 0.29) is 17.3 Å². The number of anilines is 2. The van der Waals surface area contributed by atoms with Gasteiger partial charge in [0, 0.05) is 23.2 Å². The lowest BCUT2D eigenvalue weighted by atomic mass is 9.78. The zero-order valence-corrected chi connectivity index (χ0v) is 14.4. The van der Waals surface area contributed by atoms with Gasteiger partial charge in [-0.3, -0.25) is 9.59 Å². The average Bonchev–Trinajstić information content (AvgIpc) is 2.60. The van der Waals surface area contributed by atoms with E-state index in [2.05, 4.69) is 5.32 Å². The van der Waals surface area contributed by atoms with Gasteiger partial charge in [-0.05, 0) is 31.0 Å². The van der Waals surface area contributed by atoms with Crippen molar-refractivity contribution in [2.45, 2.75) is 50.0 Å². The lowest BCUT2D eigenvalue weighted by Gasteiger charge is -2.30. The molecule has 0 bridgehead atoms. The summed E-state index contributed by atoms with van der Waals surface area (Å²) < 4.78 is 77.9. The highest BCUT2D eigenvalue weighted by atomic mass is 19.4. The summed E-state index contributed by atoms with van der Waals surface area (Å²) >= 11 is 0. The van der Waals surface area contributed by atoms with Gasteiger partial charge in [-0.15, -0.1) is 0 Å². The molecular formula is C18H16F6N2O2. The van der Waals surface area contributed by atoms with Crippen molar-refractivity contribution in [1.82, 2.24) is 0 Å². The number of benzene rings is 1. The molecular weight excluding hydrogens is 390 g/mol. The Labute approximate surface area is 155 Å². The smallest absolute Gasteiger partial charge is 0.352 e. The van der Waals surface area contributed by atoms with Gasteiger partial charge >= 0.3 is 12.4 Å². The van der Waals surface area contributed by atoms with Crippen molar-refractivity contribution in [3.8, 4) is 0 Å². The van der Waals surface area contributed by atoms with E-state index < -0.39 is 52.0 Å². The summed E-state index contributed by atoms with van der Waals surface area (Å²) in [4.78, 5) is 23.9. The number of hydrogen-bond donors (Lipinski definition) is 2. The first-order valence-electron chi connectivity index (χ1n) is 8.55. The standard InChI is InChI=1S/C18H16F6N2O2/c19-17(20,21)8-5-9(18(22,23)24)7-10(6-8)26-14-13(15(27)16(14)28)11-3-1-2-4-12(11)25/h5-7,11-12,26H,1-4,25H2/t11-,12-/m1/s1. The van der Waals surface area contributed by atoms with Gasteiger partial charge in [-0.2, -0.15) is 26.3 Å². The Morgan fingerprint density at radius 3 is 1.89 bits per heavy atom. The van der Waals surface area contributed by atoms with E-state index in [9.17, 15) is 35.9 Å². The minimum Gasteiger partial charge on any atom is -0.352 e. The van der Waals surface area contributed by atoms with Crippen molar-refractivity contribution in [2.75, 3.05) is 5.32 Å². The molecule has 0 aromatic heterocycles. The normalized spacial score (nSPS) is 21.1. The second-order valence-electron chi connectivity index (χ2n) is 6.92. The molecule has 0 radical (unpaired) electrons. The van der Waals surface area contributed by atoms with Crippen LogP contribution in [0.25, 0.3) is 0 Å². The van der Waals surface area contributed by atoms with Gasteiger partial charge in [-0.25, -0.2) is 0 Å². The van der Waals surface area contributed by atoms with E-state index in [0.717, 1.165) is 12.8 Å². The summed E-state index contributed by atoms with van der Waals surface area (Å²) in [5.74, 6) is -0.450. The molecule has 10 heteroatoms. The molecule has 3 rings (SSSR count). The molecule has 152 valence electrons. The van der Waals surface area contributed by atoms with E-state index in [4.69, 9.17) is 5.73 Å². The SMILES string of the molecule is N[C@@H]1CCCC[C@H]1c1c(Nc2cc(C(F)(F)F)cc(C(F)(F)F)c2)c(=O)c1=O. The molecule has 1 saturated carbocycles. The number of alkyl halides is 6. The highest BCUT2D eigenvalue weighted by Gasteiger charge is 2.38. The van der Waals surface area contributed by atoms with Crippen LogP contribution >= 0.6 is 0 Å². The molecule has 1 fully saturated rings. The fourth-order valence-corrected chi connectivity index (χ4v) is 3.58. The van der Waals surface area contributed by atoms with E-state index in [1.54, 1.807) is 0 Å². The van der Waals surface area contributed by atoms with Gasteiger partial charge in [0.1, 0.15) is 0 Å². The van der Waals surface area contributed by atoms with Crippen molar-refractivity contribution in [3.05, 3.63) is 55.3 Å². The Kier molecular flexibility index (Phi) is 5.03. The van der Waals surface area contributed by atoms with Crippen LogP contribution in [0.2, 0.25) is 0 Å². The lowest BCUT2D eigenvalue weighted by Crippen LogP contribution is -2.44. The third-order valence-electron chi connectivity index (χ3n) is 4.99. The monoisotopic (exact) mass is 406 g/mol. The topological polar surface area (TPSA) is 72.2 Å². The van der Waals surface area contributed by atoms with Gasteiger partial charge in [0.25, 0.3) is 0 Å². The Hall–Kier alpha value is -2.36. The number of nitrogens with one attached hydrogen (secondary N) is 1. The van der Waals surface area contributed by atoms with Crippen LogP contribution in [0.5, 0.6) is 0 Å². The van der Waals surface area contributed by atoms with Gasteiger partial charge in [-0.1, -0.05) is 12.8 Å². The van der Waals surface area contributed by atoms with E-state index in [1.165, 1.54) is 0 Å². The summed E-state index contributed by atoms with van der Waals surface area (Å²) in [5.41, 5.74) is 0.403. The molecule has 0 aliphatic heterocycles. The first-order valence-corrected chi connectivity index (χ1v) is 8.55. The summed E-state index contributed by atoms with van der Waals surface area (Å²) in [5, 5.41) is 2.31. The van der Waals surface area contributed by atoms with E-state index in [1.807, 2.05) is 0 Å². The van der Waals surface area contributed by atoms with Crippen LogP contribution in [0, 0.1) is 0 Å². The molecule has 28 heavy (non-hydrogen) atoms. The summed E-state index contributed by atoms with van der Waals surface area (Å²) in [6.45, 7) is 0. The second kappa shape index (κ2) is 6.91. The van der Waals surface area contributed by atoms with Crippen LogP contribution in [0.4, 0.5) is 37.7 Å². The van der Waals surface area contributed by atoms with Gasteiger partial charge in [0.15, 0.2) is 0 Å². The minimum absolute atomic E-state index is 0.00866. The molecule has 0 spiro atoms. The van der Waals surface area contributed by atoms with Crippen molar-refractivity contribution in [3.63, 3.8) is 0 Å². The molecule has 4 nitrogen and oxygen atoms in total. The van der Waals surface area contributed by atoms with Crippen LogP contribution in [0.3, 0.4) is 0 Å². The third kappa shape index (κ3) is 3.78. The highest BCUT2D eigenvalue weighted by molar-refractivity contribution is 5.68. The van der Waals surface area contributed by atoms with E-state index >= 15 is 0 Å². The van der Waals surface area contributed by atoms with Crippen molar-refractivity contribution < 1.29 is 26.3 Å². The van der Waals surface area contributed by atoms with E-state index in [0.29, 0.717) is 25.0 Å². The summed E-state index contributed by atoms with van der Waals surface area (Å²) in [7, 11) is 0. The Bertz CT molecular complexity index is 924. The Morgan fingerprint density at radius 2 is 1.39 bits per heavy atom. The van der Waals surface area contributed by atoms with Crippen LogP contribution < -0.4 is 21.9 Å². The minimum atomic E-state index is -5.01. The van der Waals surface area contributed by atoms with Crippen LogP contribution in [0.1, 0.15) is 48.3 Å². The molecule has 0 amide bonds. The Balaban J connectivity index is 2.02. The van der Waals surface area contributed by atoms with Crippen LogP contribution in [-0.2, 0) is 12.4 Å². The number of hydrogen-bond acceptors (Lipinski definition) is 4. The zero-order chi connectivity index (χ0) is 20.9. The predicted molar refractivity (Wildman–Crippen MR) is 90.3 cm³/mol. The second-order valence-corrected chi connectivity index (χ2v) is 6.92. The van der Waals surface area contributed by atoms with Gasteiger partial charge < -0.3 is 11.1 Å². The molecule has 1 aliphatic carbocycles. The van der Waals surface area contributed by atoms with Crippen LogP contribution in [-0.4, -0.2) is 6.04 Å². The molecule has 0 heterocycles. The number of rotatable bonds is 3. The molecule has 2 aromatic rings. The maximum absolute atomic E-state index is 13.0. The largest absolute Gasteiger partial charge is 0.416 e. The fraction of sp³-hybridized carbons (Fsp3) is 0.444. The molecule has 0 unspecified atom stereocenters. The third-order valence-corrected chi connectivity index (χ3v) is 4.99. The van der Waals surface area contributed by atoms with Gasteiger partial charge in [0.05, 0.1) is 16.8 Å². The van der Waals surface area contributed by atoms with Crippen LogP contribution in [0.15, 0.2) is 27.8 Å². The summed E-state index contributed by atoms with van der Waals surface area (Å²) in [6.07, 6.45) is -7.28. The van der Waals surface area contributed by atoms with Crippen molar-refractivity contribution in [1.29, 1.82) is 0 Å². The molecule has 0 saturated heterocycles. The quantitative estimate of drug-likeness (QED) is 0.596.